The van der Waals surface area contributed by atoms with Gasteiger partial charge in [-0.1, -0.05) is 12.8 Å². The van der Waals surface area contributed by atoms with Crippen LogP contribution in [0.3, 0.4) is 0 Å². The highest BCUT2D eigenvalue weighted by Crippen LogP contribution is 2.19. The van der Waals surface area contributed by atoms with Crippen molar-refractivity contribution in [3.05, 3.63) is 29.3 Å². The van der Waals surface area contributed by atoms with Crippen LogP contribution in [0.1, 0.15) is 46.4 Å². The minimum absolute atomic E-state index is 0.197. The van der Waals surface area contributed by atoms with Gasteiger partial charge in [-0.2, -0.15) is 0 Å². The van der Waals surface area contributed by atoms with Crippen LogP contribution in [-0.4, -0.2) is 17.9 Å². The van der Waals surface area contributed by atoms with Crippen LogP contribution in [0, 0.1) is 0 Å². The SMILES string of the molecule is NC(=O)c1cc(N)cc(C(=O)NC2CCCC2)c1. The summed E-state index contributed by atoms with van der Waals surface area (Å²) >= 11 is 0. The van der Waals surface area contributed by atoms with Crippen molar-refractivity contribution in [1.29, 1.82) is 0 Å². The van der Waals surface area contributed by atoms with Crippen molar-refractivity contribution in [2.75, 3.05) is 5.73 Å². The van der Waals surface area contributed by atoms with Gasteiger partial charge in [-0.05, 0) is 31.0 Å². The van der Waals surface area contributed by atoms with Gasteiger partial charge in [0.15, 0.2) is 0 Å². The van der Waals surface area contributed by atoms with Crippen molar-refractivity contribution < 1.29 is 9.59 Å². The van der Waals surface area contributed by atoms with Crippen molar-refractivity contribution in [3.63, 3.8) is 0 Å². The second-order valence-corrected chi connectivity index (χ2v) is 4.66. The Bertz CT molecular complexity index is 479. The molecule has 2 amide bonds. The van der Waals surface area contributed by atoms with E-state index in [0.717, 1.165) is 25.7 Å². The Morgan fingerprint density at radius 3 is 2.33 bits per heavy atom. The molecule has 5 heteroatoms. The Kier molecular flexibility index (Phi) is 3.50. The minimum Gasteiger partial charge on any atom is -0.399 e. The number of carbonyl (C=O) groups excluding carboxylic acids is 2. The molecule has 1 saturated carbocycles. The standard InChI is InChI=1S/C13H17N3O2/c14-10-6-8(12(15)17)5-9(7-10)13(18)16-11-3-1-2-4-11/h5-7,11H,1-4,14H2,(H2,15,17)(H,16,18). The molecule has 0 spiro atoms. The molecule has 1 aromatic rings. The zero-order valence-corrected chi connectivity index (χ0v) is 10.1. The monoisotopic (exact) mass is 247 g/mol. The topological polar surface area (TPSA) is 98.2 Å². The molecule has 18 heavy (non-hydrogen) atoms. The van der Waals surface area contributed by atoms with E-state index in [1.807, 2.05) is 0 Å². The number of hydrogen-bond acceptors (Lipinski definition) is 3. The van der Waals surface area contributed by atoms with Crippen molar-refractivity contribution in [1.82, 2.24) is 5.32 Å². The fraction of sp³-hybridized carbons (Fsp3) is 0.385. The number of rotatable bonds is 3. The number of nitrogens with two attached hydrogens (primary N) is 2. The predicted octanol–water partition coefficient (Wildman–Crippen LogP) is 1.04. The molecule has 2 rings (SSSR count). The third kappa shape index (κ3) is 2.80. The fourth-order valence-corrected chi connectivity index (χ4v) is 2.26. The maximum Gasteiger partial charge on any atom is 0.251 e. The van der Waals surface area contributed by atoms with Crippen LogP contribution in [0.5, 0.6) is 0 Å². The summed E-state index contributed by atoms with van der Waals surface area (Å²) in [5, 5.41) is 2.94. The first kappa shape index (κ1) is 12.4. The summed E-state index contributed by atoms with van der Waals surface area (Å²) in [6.07, 6.45) is 4.32. The van der Waals surface area contributed by atoms with Crippen molar-refractivity contribution in [3.8, 4) is 0 Å². The maximum atomic E-state index is 12.0. The van der Waals surface area contributed by atoms with Crippen molar-refractivity contribution in [2.45, 2.75) is 31.7 Å². The van der Waals surface area contributed by atoms with Crippen LogP contribution in [0.15, 0.2) is 18.2 Å². The Hall–Kier alpha value is -2.04. The van der Waals surface area contributed by atoms with Gasteiger partial charge >= 0.3 is 0 Å². The van der Waals surface area contributed by atoms with Crippen molar-refractivity contribution >= 4 is 17.5 Å². The number of benzene rings is 1. The maximum absolute atomic E-state index is 12.0. The molecule has 0 bridgehead atoms. The van der Waals surface area contributed by atoms with E-state index < -0.39 is 5.91 Å². The van der Waals surface area contributed by atoms with Crippen LogP contribution in [0.25, 0.3) is 0 Å². The summed E-state index contributed by atoms with van der Waals surface area (Å²) in [6, 6.07) is 4.73. The highest BCUT2D eigenvalue weighted by atomic mass is 16.2. The van der Waals surface area contributed by atoms with Gasteiger partial charge in [0.2, 0.25) is 5.91 Å². The second kappa shape index (κ2) is 5.08. The first-order valence-electron chi connectivity index (χ1n) is 6.07. The van der Waals surface area contributed by atoms with Crippen LogP contribution < -0.4 is 16.8 Å². The fourth-order valence-electron chi connectivity index (χ4n) is 2.26. The van der Waals surface area contributed by atoms with Gasteiger partial charge in [0.25, 0.3) is 5.91 Å². The molecule has 1 aliphatic rings. The number of carbonyl (C=O) groups is 2. The van der Waals surface area contributed by atoms with Crippen LogP contribution in [0.4, 0.5) is 5.69 Å². The summed E-state index contributed by atoms with van der Waals surface area (Å²) in [6.45, 7) is 0. The Morgan fingerprint density at radius 2 is 1.72 bits per heavy atom. The molecule has 0 unspecified atom stereocenters. The lowest BCUT2D eigenvalue weighted by Crippen LogP contribution is -2.32. The number of anilines is 1. The first-order chi connectivity index (χ1) is 8.56. The van der Waals surface area contributed by atoms with Gasteiger partial charge in [0, 0.05) is 22.9 Å². The van der Waals surface area contributed by atoms with Gasteiger partial charge in [-0.25, -0.2) is 0 Å². The Labute approximate surface area is 106 Å². The molecule has 0 heterocycles. The highest BCUT2D eigenvalue weighted by molar-refractivity contribution is 6.00. The molecule has 5 nitrogen and oxygen atoms in total. The lowest BCUT2D eigenvalue weighted by Gasteiger charge is -2.12. The second-order valence-electron chi connectivity index (χ2n) is 4.66. The van der Waals surface area contributed by atoms with Crippen LogP contribution in [0.2, 0.25) is 0 Å². The average Bonchev–Trinajstić information content (AvgIpc) is 2.80. The van der Waals surface area contributed by atoms with Gasteiger partial charge < -0.3 is 16.8 Å². The molecule has 0 radical (unpaired) electrons. The van der Waals surface area contributed by atoms with Gasteiger partial charge in [0.05, 0.1) is 0 Å². The number of nitrogen functional groups attached to an aromatic ring is 1. The lowest BCUT2D eigenvalue weighted by atomic mass is 10.1. The molecular weight excluding hydrogens is 230 g/mol. The van der Waals surface area contributed by atoms with E-state index in [4.69, 9.17) is 11.5 Å². The van der Waals surface area contributed by atoms with E-state index in [-0.39, 0.29) is 17.5 Å². The Balaban J connectivity index is 2.16. The summed E-state index contributed by atoms with van der Waals surface area (Å²) in [7, 11) is 0. The molecule has 1 aromatic carbocycles. The predicted molar refractivity (Wildman–Crippen MR) is 69.1 cm³/mol. The molecule has 0 aliphatic heterocycles. The smallest absolute Gasteiger partial charge is 0.251 e. The summed E-state index contributed by atoms with van der Waals surface area (Å²) < 4.78 is 0. The van der Waals surface area contributed by atoms with E-state index in [2.05, 4.69) is 5.32 Å². The van der Waals surface area contributed by atoms with Gasteiger partial charge in [-0.15, -0.1) is 0 Å². The number of primary amides is 1. The summed E-state index contributed by atoms with van der Waals surface area (Å²) in [5.41, 5.74) is 11.8. The third-order valence-corrected chi connectivity index (χ3v) is 3.19. The molecule has 0 atom stereocenters. The van der Waals surface area contributed by atoms with Gasteiger partial charge in [0.1, 0.15) is 0 Å². The number of hydrogen-bond donors (Lipinski definition) is 3. The molecule has 96 valence electrons. The molecule has 0 saturated heterocycles. The highest BCUT2D eigenvalue weighted by Gasteiger charge is 2.18. The molecule has 5 N–H and O–H groups in total. The quantitative estimate of drug-likeness (QED) is 0.696. The third-order valence-electron chi connectivity index (χ3n) is 3.19. The van der Waals surface area contributed by atoms with Crippen LogP contribution in [-0.2, 0) is 0 Å². The molecule has 1 aliphatic carbocycles. The largest absolute Gasteiger partial charge is 0.399 e. The molecule has 1 fully saturated rings. The van der Waals surface area contributed by atoms with E-state index >= 15 is 0 Å². The van der Waals surface area contributed by atoms with Crippen molar-refractivity contribution in [2.24, 2.45) is 5.73 Å². The summed E-state index contributed by atoms with van der Waals surface area (Å²) in [4.78, 5) is 23.1. The number of nitrogens with one attached hydrogen (secondary N) is 1. The molecular formula is C13H17N3O2. The normalized spacial score (nSPS) is 15.6. The zero-order chi connectivity index (χ0) is 13.1. The zero-order valence-electron chi connectivity index (χ0n) is 10.1. The minimum atomic E-state index is -0.586. The van der Waals surface area contributed by atoms with Gasteiger partial charge in [-0.3, -0.25) is 9.59 Å². The summed E-state index contributed by atoms with van der Waals surface area (Å²) in [5.74, 6) is -0.783. The molecule has 0 aromatic heterocycles. The Morgan fingerprint density at radius 1 is 1.11 bits per heavy atom. The lowest BCUT2D eigenvalue weighted by molar-refractivity contribution is 0.0938. The van der Waals surface area contributed by atoms with E-state index in [9.17, 15) is 9.59 Å². The average molecular weight is 247 g/mol. The number of amides is 2. The van der Waals surface area contributed by atoms with Crippen LogP contribution >= 0.6 is 0 Å². The van der Waals surface area contributed by atoms with E-state index in [0.29, 0.717) is 11.3 Å². The van der Waals surface area contributed by atoms with E-state index in [1.54, 1.807) is 6.07 Å². The first-order valence-corrected chi connectivity index (χ1v) is 6.07. The van der Waals surface area contributed by atoms with E-state index in [1.165, 1.54) is 12.1 Å².